The molecule has 0 bridgehead atoms. The van der Waals surface area contributed by atoms with Gasteiger partial charge in [-0.05, 0) is 24.1 Å². The lowest BCUT2D eigenvalue weighted by Crippen LogP contribution is -2.22. The van der Waals surface area contributed by atoms with Crippen molar-refractivity contribution < 1.29 is 0 Å². The molecule has 0 unspecified atom stereocenters. The number of benzene rings is 2. The van der Waals surface area contributed by atoms with Crippen LogP contribution in [0.3, 0.4) is 0 Å². The first-order valence-electron chi connectivity index (χ1n) is 8.49. The van der Waals surface area contributed by atoms with Crippen molar-refractivity contribution in [2.24, 2.45) is 0 Å². The van der Waals surface area contributed by atoms with Gasteiger partial charge in [0.2, 0.25) is 0 Å². The van der Waals surface area contributed by atoms with Crippen LogP contribution in [0.5, 0.6) is 0 Å². The van der Waals surface area contributed by atoms with Crippen LogP contribution < -0.4 is 11.1 Å². The van der Waals surface area contributed by atoms with Crippen molar-refractivity contribution in [3.05, 3.63) is 81.4 Å². The predicted octanol–water partition coefficient (Wildman–Crippen LogP) is 3.39. The van der Waals surface area contributed by atoms with E-state index in [0.29, 0.717) is 18.7 Å². The van der Waals surface area contributed by atoms with Crippen molar-refractivity contribution in [1.29, 1.82) is 0 Å². The van der Waals surface area contributed by atoms with Gasteiger partial charge in [-0.25, -0.2) is 0 Å². The highest BCUT2D eigenvalue weighted by Crippen LogP contribution is 2.28. The summed E-state index contributed by atoms with van der Waals surface area (Å²) >= 11 is 0. The van der Waals surface area contributed by atoms with Gasteiger partial charge in [-0.1, -0.05) is 42.5 Å². The van der Waals surface area contributed by atoms with E-state index in [0.717, 1.165) is 33.8 Å². The molecular weight excluding hydrogens is 312 g/mol. The molecule has 0 fully saturated rings. The number of rotatable bonds is 1. The minimum atomic E-state index is -0.00645. The van der Waals surface area contributed by atoms with Crippen molar-refractivity contribution in [3.63, 3.8) is 0 Å². The van der Waals surface area contributed by atoms with E-state index < -0.39 is 0 Å². The van der Waals surface area contributed by atoms with Gasteiger partial charge in [-0.3, -0.25) is 9.59 Å². The summed E-state index contributed by atoms with van der Waals surface area (Å²) < 4.78 is 3.66. The lowest BCUT2D eigenvalue weighted by molar-refractivity contribution is 0.580. The standard InChI is InChI=1S/C21H16N2O2/c24-18-10-9-15-7-8-16-13-17(14-5-2-1-3-6-14)21(25)23-12-4-11-22(18)19(15)20(16)23/h1-3,5-10,13H,4,11-12H2. The van der Waals surface area contributed by atoms with Gasteiger partial charge in [0.15, 0.2) is 0 Å². The largest absolute Gasteiger partial charge is 0.306 e. The molecule has 1 aliphatic heterocycles. The Morgan fingerprint density at radius 2 is 1.40 bits per heavy atom. The summed E-state index contributed by atoms with van der Waals surface area (Å²) in [6, 6.07) is 19.2. The molecule has 2 aromatic heterocycles. The summed E-state index contributed by atoms with van der Waals surface area (Å²) in [5, 5.41) is 1.99. The van der Waals surface area contributed by atoms with Gasteiger partial charge >= 0.3 is 0 Å². The summed E-state index contributed by atoms with van der Waals surface area (Å²) in [5.41, 5.74) is 3.38. The van der Waals surface area contributed by atoms with Crippen molar-refractivity contribution in [3.8, 4) is 11.1 Å². The topological polar surface area (TPSA) is 44.0 Å². The van der Waals surface area contributed by atoms with E-state index in [9.17, 15) is 9.59 Å². The first kappa shape index (κ1) is 14.2. The Morgan fingerprint density at radius 3 is 2.24 bits per heavy atom. The second kappa shape index (κ2) is 5.18. The molecule has 0 N–H and O–H groups in total. The molecular formula is C21H16N2O2. The molecule has 2 aromatic carbocycles. The zero-order chi connectivity index (χ0) is 17.0. The molecule has 4 aromatic rings. The van der Waals surface area contributed by atoms with Crippen molar-refractivity contribution >= 4 is 21.8 Å². The van der Waals surface area contributed by atoms with Crippen LogP contribution in [0.2, 0.25) is 0 Å². The van der Waals surface area contributed by atoms with E-state index in [4.69, 9.17) is 0 Å². The summed E-state index contributed by atoms with van der Waals surface area (Å²) in [4.78, 5) is 25.5. The van der Waals surface area contributed by atoms with Gasteiger partial charge < -0.3 is 9.13 Å². The van der Waals surface area contributed by atoms with Crippen LogP contribution in [0.15, 0.2) is 70.3 Å². The summed E-state index contributed by atoms with van der Waals surface area (Å²) in [6.45, 7) is 1.26. The number of hydrogen-bond donors (Lipinski definition) is 0. The average molecular weight is 328 g/mol. The quantitative estimate of drug-likeness (QED) is 0.503. The highest BCUT2D eigenvalue weighted by molar-refractivity contribution is 6.04. The fourth-order valence-electron chi connectivity index (χ4n) is 3.90. The van der Waals surface area contributed by atoms with Gasteiger partial charge in [0.05, 0.1) is 11.0 Å². The number of aryl methyl sites for hydroxylation is 2. The van der Waals surface area contributed by atoms with Crippen LogP contribution in [0.4, 0.5) is 0 Å². The average Bonchev–Trinajstić information content (AvgIpc) is 2.86. The molecule has 0 amide bonds. The summed E-state index contributed by atoms with van der Waals surface area (Å²) in [7, 11) is 0. The molecule has 3 heterocycles. The van der Waals surface area contributed by atoms with Gasteiger partial charge in [-0.15, -0.1) is 0 Å². The highest BCUT2D eigenvalue weighted by Gasteiger charge is 2.18. The molecule has 0 atom stereocenters. The van der Waals surface area contributed by atoms with Gasteiger partial charge in [-0.2, -0.15) is 0 Å². The Morgan fingerprint density at radius 1 is 0.720 bits per heavy atom. The van der Waals surface area contributed by atoms with E-state index in [2.05, 4.69) is 0 Å². The maximum absolute atomic E-state index is 13.2. The minimum Gasteiger partial charge on any atom is -0.306 e. The molecule has 0 radical (unpaired) electrons. The zero-order valence-corrected chi connectivity index (χ0v) is 13.6. The second-order valence-corrected chi connectivity index (χ2v) is 6.50. The molecule has 0 saturated carbocycles. The van der Waals surface area contributed by atoms with Crippen LogP contribution in [0.1, 0.15) is 6.42 Å². The molecule has 1 aliphatic rings. The maximum atomic E-state index is 13.2. The van der Waals surface area contributed by atoms with Crippen molar-refractivity contribution in [2.75, 3.05) is 0 Å². The summed E-state index contributed by atoms with van der Waals surface area (Å²) in [6.07, 6.45) is 0.765. The van der Waals surface area contributed by atoms with Gasteiger partial charge in [0, 0.05) is 35.5 Å². The first-order chi connectivity index (χ1) is 12.2. The van der Waals surface area contributed by atoms with Gasteiger partial charge in [0.1, 0.15) is 0 Å². The summed E-state index contributed by atoms with van der Waals surface area (Å²) in [5.74, 6) is 0. The van der Waals surface area contributed by atoms with Crippen molar-refractivity contribution in [1.82, 2.24) is 9.13 Å². The maximum Gasteiger partial charge on any atom is 0.258 e. The monoisotopic (exact) mass is 328 g/mol. The Kier molecular flexibility index (Phi) is 2.95. The third kappa shape index (κ3) is 2.00. The number of aromatic nitrogens is 2. The Labute approximate surface area is 143 Å². The fraction of sp³-hybridized carbons (Fsp3) is 0.143. The predicted molar refractivity (Wildman–Crippen MR) is 100 cm³/mol. The second-order valence-electron chi connectivity index (χ2n) is 6.50. The number of pyridine rings is 2. The Bertz CT molecular complexity index is 1250. The van der Waals surface area contributed by atoms with E-state index in [1.54, 1.807) is 6.07 Å². The SMILES string of the molecule is O=c1ccc2ccc3cc(-c4ccccc4)c(=O)n4c3c2n1CCC4. The van der Waals surface area contributed by atoms with E-state index in [-0.39, 0.29) is 11.1 Å². The highest BCUT2D eigenvalue weighted by atomic mass is 16.1. The molecule has 25 heavy (non-hydrogen) atoms. The van der Waals surface area contributed by atoms with Crippen LogP contribution in [-0.2, 0) is 13.1 Å². The number of nitrogens with zero attached hydrogens (tertiary/aromatic N) is 2. The Balaban J connectivity index is 2.00. The fourth-order valence-corrected chi connectivity index (χ4v) is 3.90. The lowest BCUT2D eigenvalue weighted by atomic mass is 10.0. The van der Waals surface area contributed by atoms with E-state index in [1.165, 1.54) is 0 Å². The van der Waals surface area contributed by atoms with Crippen LogP contribution >= 0.6 is 0 Å². The Hall–Kier alpha value is -3.14. The van der Waals surface area contributed by atoms with E-state index >= 15 is 0 Å². The first-order valence-corrected chi connectivity index (χ1v) is 8.49. The molecule has 0 aliphatic carbocycles. The molecule has 122 valence electrons. The third-order valence-electron chi connectivity index (χ3n) is 5.05. The lowest BCUT2D eigenvalue weighted by Gasteiger charge is -2.13. The van der Waals surface area contributed by atoms with Gasteiger partial charge in [0.25, 0.3) is 11.1 Å². The molecule has 0 saturated heterocycles. The normalized spacial score (nSPS) is 13.4. The molecule has 0 spiro atoms. The zero-order valence-electron chi connectivity index (χ0n) is 13.6. The van der Waals surface area contributed by atoms with E-state index in [1.807, 2.05) is 63.7 Å². The molecule has 5 rings (SSSR count). The third-order valence-corrected chi connectivity index (χ3v) is 5.05. The van der Waals surface area contributed by atoms with Crippen LogP contribution in [-0.4, -0.2) is 9.13 Å². The minimum absolute atomic E-state index is 0.00645. The molecule has 4 nitrogen and oxygen atoms in total. The molecule has 4 heteroatoms. The smallest absolute Gasteiger partial charge is 0.258 e. The van der Waals surface area contributed by atoms with Crippen molar-refractivity contribution in [2.45, 2.75) is 19.5 Å². The van der Waals surface area contributed by atoms with Crippen LogP contribution in [0.25, 0.3) is 32.9 Å². The number of hydrogen-bond acceptors (Lipinski definition) is 2. The van der Waals surface area contributed by atoms with Crippen LogP contribution in [0, 0.1) is 0 Å².